The van der Waals surface area contributed by atoms with Gasteiger partial charge in [0.05, 0.1) is 11.9 Å². The molecule has 90 valence electrons. The molecule has 0 fully saturated rings. The lowest BCUT2D eigenvalue weighted by Crippen LogP contribution is -1.83. The molecular formula is C15H15N3. The Morgan fingerprint density at radius 1 is 1.17 bits per heavy atom. The van der Waals surface area contributed by atoms with Gasteiger partial charge in [-0.25, -0.2) is 4.98 Å². The minimum absolute atomic E-state index is 0.880. The van der Waals surface area contributed by atoms with Crippen molar-refractivity contribution < 1.29 is 0 Å². The van der Waals surface area contributed by atoms with Crippen molar-refractivity contribution in [1.82, 2.24) is 14.4 Å². The minimum Gasteiger partial charge on any atom is -0.304 e. The van der Waals surface area contributed by atoms with Crippen LogP contribution in [-0.2, 0) is 6.42 Å². The van der Waals surface area contributed by atoms with Gasteiger partial charge in [0.15, 0.2) is 5.65 Å². The van der Waals surface area contributed by atoms with E-state index in [0.29, 0.717) is 0 Å². The highest BCUT2D eigenvalue weighted by molar-refractivity contribution is 5.62. The smallest absolute Gasteiger partial charge is 0.155 e. The third-order valence-electron chi connectivity index (χ3n) is 3.05. The van der Waals surface area contributed by atoms with Crippen molar-refractivity contribution in [2.24, 2.45) is 0 Å². The Kier molecular flexibility index (Phi) is 2.81. The molecule has 0 aliphatic rings. The van der Waals surface area contributed by atoms with Gasteiger partial charge in [-0.2, -0.15) is 0 Å². The molecule has 3 rings (SSSR count). The lowest BCUT2D eigenvalue weighted by molar-refractivity contribution is 0.922. The fraction of sp³-hybridized carbons (Fsp3) is 0.200. The average molecular weight is 237 g/mol. The molecule has 0 atom stereocenters. The lowest BCUT2D eigenvalue weighted by atomic mass is 10.1. The van der Waals surface area contributed by atoms with Crippen LogP contribution in [0.5, 0.6) is 0 Å². The molecule has 2 aromatic heterocycles. The van der Waals surface area contributed by atoms with E-state index in [9.17, 15) is 0 Å². The lowest BCUT2D eigenvalue weighted by Gasteiger charge is -2.00. The zero-order chi connectivity index (χ0) is 12.4. The van der Waals surface area contributed by atoms with Crippen molar-refractivity contribution in [3.63, 3.8) is 0 Å². The van der Waals surface area contributed by atoms with Crippen LogP contribution in [-0.4, -0.2) is 14.4 Å². The predicted molar refractivity (Wildman–Crippen MR) is 72.4 cm³/mol. The summed E-state index contributed by atoms with van der Waals surface area (Å²) >= 11 is 0. The molecule has 0 spiro atoms. The molecule has 0 amide bonds. The van der Waals surface area contributed by atoms with E-state index in [2.05, 4.69) is 41.2 Å². The van der Waals surface area contributed by atoms with Gasteiger partial charge in [-0.3, -0.25) is 4.98 Å². The molecule has 3 nitrogen and oxygen atoms in total. The Morgan fingerprint density at radius 3 is 2.72 bits per heavy atom. The average Bonchev–Trinajstić information content (AvgIpc) is 2.84. The molecule has 0 aliphatic carbocycles. The van der Waals surface area contributed by atoms with Gasteiger partial charge in [0.2, 0.25) is 0 Å². The number of aryl methyl sites for hydroxylation is 1. The molecule has 18 heavy (non-hydrogen) atoms. The molecule has 0 aliphatic heterocycles. The summed E-state index contributed by atoms with van der Waals surface area (Å²) in [6, 6.07) is 8.64. The molecule has 0 saturated carbocycles. The van der Waals surface area contributed by atoms with E-state index in [1.807, 2.05) is 16.8 Å². The van der Waals surface area contributed by atoms with Crippen LogP contribution < -0.4 is 0 Å². The summed E-state index contributed by atoms with van der Waals surface area (Å²) < 4.78 is 1.99. The van der Waals surface area contributed by atoms with Crippen LogP contribution in [0.25, 0.3) is 16.9 Å². The number of nitrogens with zero attached hydrogens (tertiary/aromatic N) is 3. The molecule has 0 N–H and O–H groups in total. The van der Waals surface area contributed by atoms with E-state index < -0.39 is 0 Å². The monoisotopic (exact) mass is 237 g/mol. The van der Waals surface area contributed by atoms with Gasteiger partial charge in [-0.1, -0.05) is 37.6 Å². The van der Waals surface area contributed by atoms with E-state index in [1.54, 1.807) is 12.4 Å². The molecular weight excluding hydrogens is 222 g/mol. The van der Waals surface area contributed by atoms with E-state index in [4.69, 9.17) is 0 Å². The van der Waals surface area contributed by atoms with Crippen molar-refractivity contribution in [3.8, 4) is 11.3 Å². The van der Waals surface area contributed by atoms with Crippen LogP contribution in [0.4, 0.5) is 0 Å². The van der Waals surface area contributed by atoms with E-state index in [-0.39, 0.29) is 0 Å². The first-order valence-corrected chi connectivity index (χ1v) is 6.25. The highest BCUT2D eigenvalue weighted by atomic mass is 15.0. The highest BCUT2D eigenvalue weighted by Gasteiger charge is 2.03. The maximum atomic E-state index is 4.56. The topological polar surface area (TPSA) is 30.2 Å². The first-order valence-electron chi connectivity index (χ1n) is 6.25. The summed E-state index contributed by atoms with van der Waals surface area (Å²) in [6.45, 7) is 2.20. The predicted octanol–water partition coefficient (Wildman–Crippen LogP) is 3.35. The Morgan fingerprint density at radius 2 is 2.00 bits per heavy atom. The number of hydrogen-bond acceptors (Lipinski definition) is 2. The van der Waals surface area contributed by atoms with Gasteiger partial charge in [0, 0.05) is 24.2 Å². The third kappa shape index (κ3) is 1.99. The summed E-state index contributed by atoms with van der Waals surface area (Å²) in [5.41, 5.74) is 4.40. The SMILES string of the molecule is CCCc1ccc(-c2cn3ccncc3n2)cc1. The molecule has 0 saturated heterocycles. The van der Waals surface area contributed by atoms with Gasteiger partial charge < -0.3 is 4.40 Å². The standard InChI is InChI=1S/C15H15N3/c1-2-3-12-4-6-13(7-5-12)14-11-18-9-8-16-10-15(18)17-14/h4-11H,2-3H2,1H3. The van der Waals surface area contributed by atoms with E-state index in [1.165, 1.54) is 12.0 Å². The first-order chi connectivity index (χ1) is 8.86. The van der Waals surface area contributed by atoms with Gasteiger partial charge in [0.1, 0.15) is 0 Å². The van der Waals surface area contributed by atoms with Gasteiger partial charge >= 0.3 is 0 Å². The summed E-state index contributed by atoms with van der Waals surface area (Å²) in [5.74, 6) is 0. The Balaban J connectivity index is 1.98. The van der Waals surface area contributed by atoms with Crippen molar-refractivity contribution >= 4 is 5.65 Å². The van der Waals surface area contributed by atoms with Crippen LogP contribution >= 0.6 is 0 Å². The van der Waals surface area contributed by atoms with Crippen LogP contribution in [0.3, 0.4) is 0 Å². The normalized spacial score (nSPS) is 10.9. The van der Waals surface area contributed by atoms with Gasteiger partial charge in [-0.15, -0.1) is 0 Å². The molecule has 1 aromatic carbocycles. The summed E-state index contributed by atoms with van der Waals surface area (Å²) in [5, 5.41) is 0. The fourth-order valence-electron chi connectivity index (χ4n) is 2.11. The third-order valence-corrected chi connectivity index (χ3v) is 3.05. The summed E-state index contributed by atoms with van der Waals surface area (Å²) in [4.78, 5) is 8.63. The first kappa shape index (κ1) is 11.0. The van der Waals surface area contributed by atoms with E-state index >= 15 is 0 Å². The van der Waals surface area contributed by atoms with Crippen LogP contribution in [0.2, 0.25) is 0 Å². The zero-order valence-electron chi connectivity index (χ0n) is 10.4. The van der Waals surface area contributed by atoms with Gasteiger partial charge in [0.25, 0.3) is 0 Å². The van der Waals surface area contributed by atoms with Crippen molar-refractivity contribution in [2.45, 2.75) is 19.8 Å². The molecule has 3 aromatic rings. The molecule has 3 heteroatoms. The quantitative estimate of drug-likeness (QED) is 0.699. The molecule has 0 bridgehead atoms. The van der Waals surface area contributed by atoms with Crippen LogP contribution in [0.1, 0.15) is 18.9 Å². The van der Waals surface area contributed by atoms with Crippen LogP contribution in [0, 0.1) is 0 Å². The molecule has 2 heterocycles. The zero-order valence-corrected chi connectivity index (χ0v) is 10.4. The second-order valence-electron chi connectivity index (χ2n) is 4.41. The van der Waals surface area contributed by atoms with Crippen LogP contribution in [0.15, 0.2) is 49.1 Å². The summed E-state index contributed by atoms with van der Waals surface area (Å²) in [6.07, 6.45) is 9.80. The van der Waals surface area contributed by atoms with Gasteiger partial charge in [-0.05, 0) is 12.0 Å². The fourth-order valence-corrected chi connectivity index (χ4v) is 2.11. The van der Waals surface area contributed by atoms with E-state index in [0.717, 1.165) is 23.3 Å². The summed E-state index contributed by atoms with van der Waals surface area (Å²) in [7, 11) is 0. The van der Waals surface area contributed by atoms with Crippen molar-refractivity contribution in [2.75, 3.05) is 0 Å². The number of hydrogen-bond donors (Lipinski definition) is 0. The minimum atomic E-state index is 0.880. The Bertz CT molecular complexity index is 620. The molecule has 0 radical (unpaired) electrons. The number of fused-ring (bicyclic) bond motifs is 1. The number of aromatic nitrogens is 3. The number of rotatable bonds is 3. The maximum absolute atomic E-state index is 4.56. The largest absolute Gasteiger partial charge is 0.304 e. The maximum Gasteiger partial charge on any atom is 0.155 e. The number of imidazole rings is 1. The highest BCUT2D eigenvalue weighted by Crippen LogP contribution is 2.19. The second kappa shape index (κ2) is 4.61. The van der Waals surface area contributed by atoms with Crippen molar-refractivity contribution in [1.29, 1.82) is 0 Å². The Hall–Kier alpha value is -2.16. The van der Waals surface area contributed by atoms with Crippen molar-refractivity contribution in [3.05, 3.63) is 54.6 Å². The number of benzene rings is 1. The Labute approximate surface area is 106 Å². The molecule has 0 unspecified atom stereocenters. The second-order valence-corrected chi connectivity index (χ2v) is 4.41.